The Balaban J connectivity index is 2.65. The zero-order chi connectivity index (χ0) is 14.1. The van der Waals surface area contributed by atoms with Crippen molar-refractivity contribution in [3.8, 4) is 0 Å². The molecule has 4 nitrogen and oxygen atoms in total. The average molecular weight is 267 g/mol. The van der Waals surface area contributed by atoms with Crippen molar-refractivity contribution < 1.29 is 4.74 Å². The molecule has 0 spiro atoms. The van der Waals surface area contributed by atoms with Crippen molar-refractivity contribution in [1.29, 1.82) is 0 Å². The molecule has 1 heterocycles. The number of hydrogen-bond acceptors (Lipinski definition) is 3. The normalized spacial score (nSPS) is 11.2. The molecular weight excluding hydrogens is 238 g/mol. The van der Waals surface area contributed by atoms with Crippen molar-refractivity contribution in [1.82, 2.24) is 9.78 Å². The third-order valence-electron chi connectivity index (χ3n) is 3.40. The van der Waals surface area contributed by atoms with Crippen LogP contribution in [0.15, 0.2) is 0 Å². The highest BCUT2D eigenvalue weighted by Gasteiger charge is 2.14. The van der Waals surface area contributed by atoms with E-state index in [9.17, 15) is 0 Å². The summed E-state index contributed by atoms with van der Waals surface area (Å²) in [4.78, 5) is 0. The first-order valence-corrected chi connectivity index (χ1v) is 7.63. The van der Waals surface area contributed by atoms with Crippen molar-refractivity contribution in [3.63, 3.8) is 0 Å². The lowest BCUT2D eigenvalue weighted by Crippen LogP contribution is -2.12. The quantitative estimate of drug-likeness (QED) is 0.662. The summed E-state index contributed by atoms with van der Waals surface area (Å²) < 4.78 is 7.76. The van der Waals surface area contributed by atoms with E-state index < -0.39 is 0 Å². The Morgan fingerprint density at radius 3 is 2.53 bits per heavy atom. The van der Waals surface area contributed by atoms with Gasteiger partial charge >= 0.3 is 0 Å². The highest BCUT2D eigenvalue weighted by atomic mass is 16.5. The fourth-order valence-electron chi connectivity index (χ4n) is 2.39. The second kappa shape index (κ2) is 9.10. The summed E-state index contributed by atoms with van der Waals surface area (Å²) in [7, 11) is 0. The van der Waals surface area contributed by atoms with E-state index in [0.717, 1.165) is 45.4 Å². The molecule has 19 heavy (non-hydrogen) atoms. The van der Waals surface area contributed by atoms with Crippen molar-refractivity contribution in [2.24, 2.45) is 5.73 Å². The van der Waals surface area contributed by atoms with Crippen LogP contribution in [0.1, 0.15) is 50.6 Å². The van der Waals surface area contributed by atoms with Gasteiger partial charge in [-0.3, -0.25) is 4.68 Å². The first-order valence-electron chi connectivity index (χ1n) is 7.63. The fourth-order valence-corrected chi connectivity index (χ4v) is 2.39. The summed E-state index contributed by atoms with van der Waals surface area (Å²) in [5, 5.41) is 4.72. The van der Waals surface area contributed by atoms with Gasteiger partial charge in [0.25, 0.3) is 0 Å². The van der Waals surface area contributed by atoms with E-state index in [1.807, 2.05) is 0 Å². The summed E-state index contributed by atoms with van der Waals surface area (Å²) in [6, 6.07) is 0. The zero-order valence-corrected chi connectivity index (χ0v) is 12.7. The van der Waals surface area contributed by atoms with Gasteiger partial charge in [-0.15, -0.1) is 0 Å². The Kier molecular flexibility index (Phi) is 7.75. The second-order valence-electron chi connectivity index (χ2n) is 4.81. The number of aromatic nitrogens is 2. The molecule has 0 saturated carbocycles. The van der Waals surface area contributed by atoms with Gasteiger partial charge in [0, 0.05) is 12.3 Å². The number of nitrogens with zero attached hydrogens (tertiary/aromatic N) is 2. The summed E-state index contributed by atoms with van der Waals surface area (Å²) >= 11 is 0. The van der Waals surface area contributed by atoms with Gasteiger partial charge in [0.15, 0.2) is 0 Å². The van der Waals surface area contributed by atoms with Gasteiger partial charge in [-0.2, -0.15) is 5.10 Å². The van der Waals surface area contributed by atoms with Gasteiger partial charge < -0.3 is 10.5 Å². The Labute approximate surface area is 117 Å². The van der Waals surface area contributed by atoms with Crippen LogP contribution in [0.25, 0.3) is 0 Å². The van der Waals surface area contributed by atoms with Crippen LogP contribution in [-0.2, 0) is 30.5 Å². The predicted molar refractivity (Wildman–Crippen MR) is 79.5 cm³/mol. The van der Waals surface area contributed by atoms with E-state index in [-0.39, 0.29) is 0 Å². The van der Waals surface area contributed by atoms with Crippen molar-refractivity contribution in [2.75, 3.05) is 19.8 Å². The minimum absolute atomic E-state index is 0.693. The molecular formula is C15H29N3O. The first-order chi connectivity index (χ1) is 9.28. The maximum atomic E-state index is 5.71. The minimum atomic E-state index is 0.693. The van der Waals surface area contributed by atoms with Crippen molar-refractivity contribution in [2.45, 2.75) is 59.4 Å². The number of aryl methyl sites for hydroxylation is 1. The van der Waals surface area contributed by atoms with Crippen LogP contribution in [0.5, 0.6) is 0 Å². The van der Waals surface area contributed by atoms with Crippen LogP contribution in [0.2, 0.25) is 0 Å². The van der Waals surface area contributed by atoms with Crippen LogP contribution >= 0.6 is 0 Å². The molecule has 0 aromatic carbocycles. The standard InChI is InChI=1S/C15H29N3O/c1-4-7-11-19-12-10-18-15(6-3)13(8-9-16)14(5-2)17-18/h4-12,16H2,1-3H3. The molecule has 0 aliphatic rings. The van der Waals surface area contributed by atoms with Crippen LogP contribution in [-0.4, -0.2) is 29.5 Å². The molecule has 2 N–H and O–H groups in total. The van der Waals surface area contributed by atoms with Gasteiger partial charge in [0.2, 0.25) is 0 Å². The van der Waals surface area contributed by atoms with E-state index >= 15 is 0 Å². The molecule has 4 heteroatoms. The molecule has 0 aliphatic carbocycles. The molecule has 0 radical (unpaired) electrons. The van der Waals surface area contributed by atoms with E-state index in [0.29, 0.717) is 6.54 Å². The summed E-state index contributed by atoms with van der Waals surface area (Å²) in [6.07, 6.45) is 5.24. The lowest BCUT2D eigenvalue weighted by Gasteiger charge is -2.08. The summed E-state index contributed by atoms with van der Waals surface area (Å²) in [5.74, 6) is 0. The Bertz CT molecular complexity index is 361. The molecule has 0 unspecified atom stereocenters. The molecule has 1 aromatic rings. The highest BCUT2D eigenvalue weighted by molar-refractivity contribution is 5.27. The molecule has 0 amide bonds. The second-order valence-corrected chi connectivity index (χ2v) is 4.81. The third kappa shape index (κ3) is 4.62. The number of rotatable bonds is 10. The molecule has 0 aliphatic heterocycles. The van der Waals surface area contributed by atoms with E-state index in [1.165, 1.54) is 23.4 Å². The van der Waals surface area contributed by atoms with Crippen molar-refractivity contribution >= 4 is 0 Å². The van der Waals surface area contributed by atoms with E-state index in [2.05, 4.69) is 25.5 Å². The number of unbranched alkanes of at least 4 members (excludes halogenated alkanes) is 1. The maximum Gasteiger partial charge on any atom is 0.0662 e. The van der Waals surface area contributed by atoms with Crippen LogP contribution < -0.4 is 5.73 Å². The van der Waals surface area contributed by atoms with Crippen LogP contribution in [0, 0.1) is 0 Å². The zero-order valence-electron chi connectivity index (χ0n) is 12.7. The lowest BCUT2D eigenvalue weighted by atomic mass is 10.1. The summed E-state index contributed by atoms with van der Waals surface area (Å²) in [6.45, 7) is 9.67. The van der Waals surface area contributed by atoms with Gasteiger partial charge in [-0.25, -0.2) is 0 Å². The Hall–Kier alpha value is -0.870. The fraction of sp³-hybridized carbons (Fsp3) is 0.800. The van der Waals surface area contributed by atoms with Gasteiger partial charge in [0.1, 0.15) is 0 Å². The molecule has 0 fully saturated rings. The number of hydrogen-bond donors (Lipinski definition) is 1. The van der Waals surface area contributed by atoms with Crippen molar-refractivity contribution in [3.05, 3.63) is 17.0 Å². The Morgan fingerprint density at radius 1 is 1.16 bits per heavy atom. The molecule has 1 rings (SSSR count). The monoisotopic (exact) mass is 267 g/mol. The largest absolute Gasteiger partial charge is 0.380 e. The molecule has 0 bridgehead atoms. The van der Waals surface area contributed by atoms with Gasteiger partial charge in [-0.05, 0) is 37.8 Å². The maximum absolute atomic E-state index is 5.71. The minimum Gasteiger partial charge on any atom is -0.380 e. The number of nitrogens with two attached hydrogens (primary N) is 1. The van der Waals surface area contributed by atoms with E-state index in [4.69, 9.17) is 15.6 Å². The van der Waals surface area contributed by atoms with Gasteiger partial charge in [-0.1, -0.05) is 27.2 Å². The molecule has 0 saturated heterocycles. The summed E-state index contributed by atoms with van der Waals surface area (Å²) in [5.41, 5.74) is 9.61. The molecule has 110 valence electrons. The lowest BCUT2D eigenvalue weighted by molar-refractivity contribution is 0.120. The topological polar surface area (TPSA) is 53.1 Å². The number of ether oxygens (including phenoxy) is 1. The van der Waals surface area contributed by atoms with Crippen LogP contribution in [0.4, 0.5) is 0 Å². The van der Waals surface area contributed by atoms with E-state index in [1.54, 1.807) is 0 Å². The molecule has 0 atom stereocenters. The first kappa shape index (κ1) is 16.2. The van der Waals surface area contributed by atoms with Crippen LogP contribution in [0.3, 0.4) is 0 Å². The average Bonchev–Trinajstić information content (AvgIpc) is 2.76. The van der Waals surface area contributed by atoms with Gasteiger partial charge in [0.05, 0.1) is 18.8 Å². The predicted octanol–water partition coefficient (Wildman–Crippen LogP) is 2.33. The molecule has 1 aromatic heterocycles. The third-order valence-corrected chi connectivity index (χ3v) is 3.40. The highest BCUT2D eigenvalue weighted by Crippen LogP contribution is 2.16. The SMILES string of the molecule is CCCCOCCn1nc(CC)c(CCN)c1CC. The smallest absolute Gasteiger partial charge is 0.0662 e. The Morgan fingerprint density at radius 2 is 1.95 bits per heavy atom.